The van der Waals surface area contributed by atoms with Gasteiger partial charge in [-0.15, -0.1) is 0 Å². The minimum Gasteiger partial charge on any atom is -0.233 e. The van der Waals surface area contributed by atoms with Crippen LogP contribution in [0.2, 0.25) is 0 Å². The Morgan fingerprint density at radius 3 is 2.11 bits per heavy atom. The third kappa shape index (κ3) is 3.65. The second-order valence-electron chi connectivity index (χ2n) is 6.25. The average Bonchev–Trinajstić information content (AvgIpc) is 3.01. The summed E-state index contributed by atoms with van der Waals surface area (Å²) < 4.78 is 78.7. The van der Waals surface area contributed by atoms with Crippen LogP contribution in [0.5, 0.6) is 0 Å². The third-order valence-corrected chi connectivity index (χ3v) is 5.22. The predicted molar refractivity (Wildman–Crippen MR) is 94.7 cm³/mol. The van der Waals surface area contributed by atoms with E-state index in [4.69, 9.17) is 5.14 Å². The monoisotopic (exact) mass is 413 g/mol. The molecule has 5 nitrogen and oxygen atoms in total. The van der Waals surface area contributed by atoms with Gasteiger partial charge in [0.1, 0.15) is 17.3 Å². The third-order valence-electron chi connectivity index (χ3n) is 4.27. The van der Waals surface area contributed by atoms with Gasteiger partial charge in [0.25, 0.3) is 6.43 Å². The number of sulfonamides is 1. The molecule has 0 saturated heterocycles. The number of halogens is 4. The maximum absolute atomic E-state index is 14.2. The van der Waals surface area contributed by atoms with Gasteiger partial charge in [0.15, 0.2) is 4.90 Å². The second-order valence-corrected chi connectivity index (χ2v) is 7.75. The summed E-state index contributed by atoms with van der Waals surface area (Å²) in [4.78, 5) is -1.29. The van der Waals surface area contributed by atoms with Gasteiger partial charge in [0.2, 0.25) is 10.0 Å². The zero-order valence-electron chi connectivity index (χ0n) is 14.7. The molecule has 0 unspecified atom stereocenters. The quantitative estimate of drug-likeness (QED) is 0.657. The smallest absolute Gasteiger partial charge is 0.233 e. The summed E-state index contributed by atoms with van der Waals surface area (Å²) in [5.41, 5.74) is 1.43. The van der Waals surface area contributed by atoms with Gasteiger partial charge in [-0.3, -0.25) is 0 Å². The maximum atomic E-state index is 14.2. The molecule has 3 aromatic rings. The lowest BCUT2D eigenvalue weighted by Gasteiger charge is -2.11. The molecule has 1 aromatic heterocycles. The summed E-state index contributed by atoms with van der Waals surface area (Å²) in [5, 5.41) is 8.65. The molecule has 28 heavy (non-hydrogen) atoms. The minimum absolute atomic E-state index is 0.0303. The number of nitrogens with two attached hydrogens (primary N) is 1. The van der Waals surface area contributed by atoms with E-state index in [-0.39, 0.29) is 11.3 Å². The highest BCUT2D eigenvalue weighted by atomic mass is 32.2. The van der Waals surface area contributed by atoms with Gasteiger partial charge in [-0.25, -0.2) is 35.8 Å². The molecule has 2 aromatic carbocycles. The van der Waals surface area contributed by atoms with Crippen molar-refractivity contribution in [3.63, 3.8) is 0 Å². The molecule has 0 amide bonds. The molecule has 0 saturated carbocycles. The molecule has 2 N–H and O–H groups in total. The Hall–Kier alpha value is -2.72. The summed E-state index contributed by atoms with van der Waals surface area (Å²) in [6.07, 6.45) is -2.91. The highest BCUT2D eigenvalue weighted by Gasteiger charge is 2.24. The van der Waals surface area contributed by atoms with Crippen LogP contribution in [-0.2, 0) is 10.0 Å². The Bertz CT molecular complexity index is 1150. The van der Waals surface area contributed by atoms with Crippen LogP contribution in [0, 0.1) is 25.5 Å². The molecule has 1 heterocycles. The van der Waals surface area contributed by atoms with E-state index in [1.807, 2.05) is 13.8 Å². The first-order chi connectivity index (χ1) is 13.0. The molecule has 0 atom stereocenters. The van der Waals surface area contributed by atoms with Crippen molar-refractivity contribution in [2.45, 2.75) is 25.2 Å². The van der Waals surface area contributed by atoms with Gasteiger partial charge < -0.3 is 0 Å². The molecule has 0 bridgehead atoms. The van der Waals surface area contributed by atoms with Crippen molar-refractivity contribution in [3.05, 3.63) is 64.9 Å². The van der Waals surface area contributed by atoms with Gasteiger partial charge in [0, 0.05) is 5.56 Å². The largest absolute Gasteiger partial charge is 0.282 e. The summed E-state index contributed by atoms with van der Waals surface area (Å²) >= 11 is 0. The van der Waals surface area contributed by atoms with Crippen molar-refractivity contribution in [1.29, 1.82) is 0 Å². The first kappa shape index (κ1) is 20.0. The fraction of sp³-hybridized carbons (Fsp3) is 0.167. The van der Waals surface area contributed by atoms with Crippen LogP contribution in [0.4, 0.5) is 17.6 Å². The molecular weight excluding hydrogens is 398 g/mol. The number of aromatic nitrogens is 2. The minimum atomic E-state index is -4.64. The van der Waals surface area contributed by atoms with Gasteiger partial charge in [0.05, 0.1) is 11.4 Å². The van der Waals surface area contributed by atoms with Crippen LogP contribution in [0.3, 0.4) is 0 Å². The zero-order chi connectivity index (χ0) is 20.8. The summed E-state index contributed by atoms with van der Waals surface area (Å²) in [7, 11) is -4.64. The molecule has 0 fully saturated rings. The van der Waals surface area contributed by atoms with Gasteiger partial charge in [-0.05, 0) is 55.3 Å². The lowest BCUT2D eigenvalue weighted by Crippen LogP contribution is -2.16. The number of nitrogens with zero attached hydrogens (tertiary/aromatic N) is 2. The second kappa shape index (κ2) is 7.02. The van der Waals surface area contributed by atoms with Crippen molar-refractivity contribution in [1.82, 2.24) is 9.78 Å². The Morgan fingerprint density at radius 2 is 1.61 bits per heavy atom. The van der Waals surface area contributed by atoms with Crippen molar-refractivity contribution in [2.75, 3.05) is 0 Å². The Labute approximate surface area is 158 Å². The summed E-state index contributed by atoms with van der Waals surface area (Å²) in [5.74, 6) is -2.85. The van der Waals surface area contributed by atoms with E-state index in [0.29, 0.717) is 17.8 Å². The number of benzene rings is 2. The van der Waals surface area contributed by atoms with Crippen LogP contribution in [0.25, 0.3) is 16.9 Å². The highest BCUT2D eigenvalue weighted by molar-refractivity contribution is 7.89. The predicted octanol–water partition coefficient (Wildman–Crippen LogP) is 4.02. The molecule has 0 radical (unpaired) electrons. The zero-order valence-corrected chi connectivity index (χ0v) is 15.6. The molecule has 0 aliphatic heterocycles. The van der Waals surface area contributed by atoms with Crippen LogP contribution < -0.4 is 5.14 Å². The number of hydrogen-bond donors (Lipinski definition) is 1. The van der Waals surface area contributed by atoms with E-state index in [9.17, 15) is 26.0 Å². The molecule has 3 rings (SSSR count). The number of alkyl halides is 2. The molecule has 10 heteroatoms. The van der Waals surface area contributed by atoms with E-state index in [2.05, 4.69) is 5.10 Å². The molecule has 0 spiro atoms. The number of hydrogen-bond acceptors (Lipinski definition) is 3. The van der Waals surface area contributed by atoms with E-state index in [1.165, 1.54) is 0 Å². The fourth-order valence-corrected chi connectivity index (χ4v) is 3.41. The van der Waals surface area contributed by atoms with E-state index in [1.54, 1.807) is 18.2 Å². The number of primary sulfonamides is 1. The molecule has 0 aliphatic carbocycles. The van der Waals surface area contributed by atoms with Crippen LogP contribution >= 0.6 is 0 Å². The van der Waals surface area contributed by atoms with Crippen molar-refractivity contribution < 1.29 is 26.0 Å². The Morgan fingerprint density at radius 1 is 1.00 bits per heavy atom. The topological polar surface area (TPSA) is 78.0 Å². The van der Waals surface area contributed by atoms with Crippen molar-refractivity contribution >= 4 is 10.0 Å². The van der Waals surface area contributed by atoms with Gasteiger partial charge >= 0.3 is 0 Å². The number of aryl methyl sites for hydroxylation is 2. The fourth-order valence-electron chi connectivity index (χ4n) is 2.75. The summed E-state index contributed by atoms with van der Waals surface area (Å²) in [6, 6.07) is 7.49. The molecule has 0 aliphatic rings. The van der Waals surface area contributed by atoms with E-state index >= 15 is 0 Å². The number of rotatable bonds is 4. The van der Waals surface area contributed by atoms with Crippen LogP contribution in [0.15, 0.2) is 41.3 Å². The van der Waals surface area contributed by atoms with E-state index in [0.717, 1.165) is 21.9 Å². The van der Waals surface area contributed by atoms with Crippen LogP contribution in [0.1, 0.15) is 23.2 Å². The van der Waals surface area contributed by atoms with Gasteiger partial charge in [-0.1, -0.05) is 6.07 Å². The first-order valence-electron chi connectivity index (χ1n) is 7.97. The highest BCUT2D eigenvalue weighted by Crippen LogP contribution is 2.31. The lowest BCUT2D eigenvalue weighted by atomic mass is 10.1. The maximum Gasteiger partial charge on any atom is 0.282 e. The van der Waals surface area contributed by atoms with E-state index < -0.39 is 38.7 Å². The summed E-state index contributed by atoms with van der Waals surface area (Å²) in [6.45, 7) is 3.68. The average molecular weight is 413 g/mol. The first-order valence-corrected chi connectivity index (χ1v) is 9.51. The van der Waals surface area contributed by atoms with Gasteiger partial charge in [-0.2, -0.15) is 5.10 Å². The molecule has 148 valence electrons. The SMILES string of the molecule is Cc1ccc(-n2nc(C(F)F)cc2-c2cc(F)c(S(N)(=O)=O)c(F)c2)cc1C. The van der Waals surface area contributed by atoms with Crippen molar-refractivity contribution in [3.8, 4) is 16.9 Å². The Balaban J connectivity index is 2.26. The Kier molecular flexibility index (Phi) is 5.02. The lowest BCUT2D eigenvalue weighted by molar-refractivity contribution is 0.145. The standard InChI is InChI=1S/C18H15F4N3O2S/c1-9-3-4-12(5-10(9)2)25-16(8-15(24-25)18(21)22)11-6-13(19)17(14(20)7-11)28(23,26)27/h3-8,18H,1-2H3,(H2,23,26,27). The molecular formula is C18H15F4N3O2S. The normalized spacial score (nSPS) is 12.0. The van der Waals surface area contributed by atoms with Crippen molar-refractivity contribution in [2.24, 2.45) is 5.14 Å². The van der Waals surface area contributed by atoms with Crippen LogP contribution in [-0.4, -0.2) is 18.2 Å².